The Morgan fingerprint density at radius 1 is 1.04 bits per heavy atom. The van der Waals surface area contributed by atoms with Gasteiger partial charge in [0, 0.05) is 16.8 Å². The standard InChI is InChI=1S/C21H19N3O/c22-20(25)14-9-10-15(21-23-17-7-3-4-8-18(17)24-21)19-13-6-2-1-5-12(13)11-16(14)19/h1-2,5-6,9-10H,3-4,7-8,11H2,(H2,22,25)(H,23,24). The average molecular weight is 329 g/mol. The minimum atomic E-state index is -0.366. The Balaban J connectivity index is 1.76. The van der Waals surface area contributed by atoms with E-state index < -0.39 is 0 Å². The molecule has 2 aliphatic rings. The highest BCUT2D eigenvalue weighted by atomic mass is 16.1. The van der Waals surface area contributed by atoms with Crippen molar-refractivity contribution in [2.45, 2.75) is 32.1 Å². The summed E-state index contributed by atoms with van der Waals surface area (Å²) < 4.78 is 0. The number of nitrogens with two attached hydrogens (primary N) is 1. The van der Waals surface area contributed by atoms with Gasteiger partial charge in [-0.25, -0.2) is 4.98 Å². The summed E-state index contributed by atoms with van der Waals surface area (Å²) in [4.78, 5) is 20.3. The molecule has 3 aromatic rings. The van der Waals surface area contributed by atoms with Crippen molar-refractivity contribution >= 4 is 5.91 Å². The number of hydrogen-bond donors (Lipinski definition) is 2. The zero-order valence-corrected chi connectivity index (χ0v) is 13.9. The fourth-order valence-corrected chi connectivity index (χ4v) is 4.26. The maximum Gasteiger partial charge on any atom is 0.249 e. The fourth-order valence-electron chi connectivity index (χ4n) is 4.26. The number of benzene rings is 2. The zero-order chi connectivity index (χ0) is 17.0. The molecule has 0 aliphatic heterocycles. The van der Waals surface area contributed by atoms with Crippen LogP contribution in [-0.2, 0) is 19.3 Å². The van der Waals surface area contributed by atoms with Crippen molar-refractivity contribution in [2.75, 3.05) is 0 Å². The van der Waals surface area contributed by atoms with Crippen molar-refractivity contribution in [3.05, 3.63) is 64.5 Å². The Morgan fingerprint density at radius 2 is 1.88 bits per heavy atom. The second-order valence-corrected chi connectivity index (χ2v) is 6.93. The maximum absolute atomic E-state index is 11.9. The Bertz CT molecular complexity index is 992. The van der Waals surface area contributed by atoms with Crippen LogP contribution < -0.4 is 5.73 Å². The summed E-state index contributed by atoms with van der Waals surface area (Å²) in [5.41, 5.74) is 14.3. The van der Waals surface area contributed by atoms with Crippen molar-refractivity contribution in [2.24, 2.45) is 5.73 Å². The zero-order valence-electron chi connectivity index (χ0n) is 13.9. The first-order valence-electron chi connectivity index (χ1n) is 8.84. The molecule has 25 heavy (non-hydrogen) atoms. The number of hydrogen-bond acceptors (Lipinski definition) is 2. The lowest BCUT2D eigenvalue weighted by atomic mass is 9.95. The number of imidazole rings is 1. The topological polar surface area (TPSA) is 71.8 Å². The molecule has 0 bridgehead atoms. The van der Waals surface area contributed by atoms with Gasteiger partial charge in [-0.15, -0.1) is 0 Å². The Kier molecular flexibility index (Phi) is 3.07. The van der Waals surface area contributed by atoms with Gasteiger partial charge in [0.15, 0.2) is 0 Å². The van der Waals surface area contributed by atoms with Gasteiger partial charge in [0.2, 0.25) is 5.91 Å². The van der Waals surface area contributed by atoms with Crippen LogP contribution in [0.5, 0.6) is 0 Å². The van der Waals surface area contributed by atoms with Crippen LogP contribution in [-0.4, -0.2) is 15.9 Å². The number of aromatic amines is 1. The molecule has 3 N–H and O–H groups in total. The van der Waals surface area contributed by atoms with E-state index in [1.54, 1.807) is 0 Å². The largest absolute Gasteiger partial charge is 0.366 e. The van der Waals surface area contributed by atoms with Gasteiger partial charge in [-0.1, -0.05) is 24.3 Å². The van der Waals surface area contributed by atoms with E-state index in [1.807, 2.05) is 24.3 Å². The van der Waals surface area contributed by atoms with Crippen LogP contribution in [0.1, 0.15) is 45.7 Å². The summed E-state index contributed by atoms with van der Waals surface area (Å²) in [7, 11) is 0. The van der Waals surface area contributed by atoms with E-state index in [9.17, 15) is 4.79 Å². The molecule has 124 valence electrons. The third kappa shape index (κ3) is 2.14. The number of fused-ring (bicyclic) bond motifs is 4. The first-order valence-corrected chi connectivity index (χ1v) is 8.84. The first-order chi connectivity index (χ1) is 12.2. The Hall–Kier alpha value is -2.88. The van der Waals surface area contributed by atoms with E-state index in [4.69, 9.17) is 10.7 Å². The molecular weight excluding hydrogens is 310 g/mol. The number of carbonyl (C=O) groups is 1. The number of primary amides is 1. The van der Waals surface area contributed by atoms with Gasteiger partial charge in [-0.05, 0) is 66.5 Å². The monoisotopic (exact) mass is 329 g/mol. The molecular formula is C21H19N3O. The van der Waals surface area contributed by atoms with E-state index in [2.05, 4.69) is 17.1 Å². The average Bonchev–Trinajstić information content (AvgIpc) is 3.22. The number of amides is 1. The second kappa shape index (κ2) is 5.31. The molecule has 0 unspecified atom stereocenters. The highest BCUT2D eigenvalue weighted by Crippen LogP contribution is 2.44. The third-order valence-electron chi connectivity index (χ3n) is 5.44. The summed E-state index contributed by atoms with van der Waals surface area (Å²) in [6.45, 7) is 0. The summed E-state index contributed by atoms with van der Waals surface area (Å²) in [6.07, 6.45) is 5.29. The molecule has 5 rings (SSSR count). The van der Waals surface area contributed by atoms with Crippen molar-refractivity contribution in [1.82, 2.24) is 9.97 Å². The summed E-state index contributed by atoms with van der Waals surface area (Å²) in [5, 5.41) is 0. The van der Waals surface area contributed by atoms with Crippen LogP contribution >= 0.6 is 0 Å². The van der Waals surface area contributed by atoms with Crippen LogP contribution in [0.25, 0.3) is 22.5 Å². The lowest BCUT2D eigenvalue weighted by molar-refractivity contribution is 0.0999. The first kappa shape index (κ1) is 14.5. The van der Waals surface area contributed by atoms with E-state index >= 15 is 0 Å². The van der Waals surface area contributed by atoms with Crippen molar-refractivity contribution < 1.29 is 4.79 Å². The number of nitrogens with zero attached hydrogens (tertiary/aromatic N) is 1. The molecule has 0 spiro atoms. The molecule has 0 radical (unpaired) electrons. The number of carbonyl (C=O) groups excluding carboxylic acids is 1. The minimum Gasteiger partial charge on any atom is -0.366 e. The van der Waals surface area contributed by atoms with Crippen LogP contribution in [0.4, 0.5) is 0 Å². The fraction of sp³-hybridized carbons (Fsp3) is 0.238. The van der Waals surface area contributed by atoms with Crippen LogP contribution in [0.2, 0.25) is 0 Å². The lowest BCUT2D eigenvalue weighted by Gasteiger charge is -2.10. The van der Waals surface area contributed by atoms with E-state index in [-0.39, 0.29) is 5.91 Å². The Labute approximate surface area is 146 Å². The molecule has 2 aromatic carbocycles. The number of nitrogens with one attached hydrogen (secondary N) is 1. The van der Waals surface area contributed by atoms with Crippen molar-refractivity contribution in [3.8, 4) is 22.5 Å². The van der Waals surface area contributed by atoms with Crippen molar-refractivity contribution in [1.29, 1.82) is 0 Å². The van der Waals surface area contributed by atoms with Gasteiger partial charge in [-0.3, -0.25) is 4.79 Å². The maximum atomic E-state index is 11.9. The van der Waals surface area contributed by atoms with E-state index in [1.165, 1.54) is 35.4 Å². The molecule has 1 amide bonds. The second-order valence-electron chi connectivity index (χ2n) is 6.93. The quantitative estimate of drug-likeness (QED) is 0.589. The van der Waals surface area contributed by atoms with Crippen LogP contribution in [0, 0.1) is 0 Å². The van der Waals surface area contributed by atoms with Crippen molar-refractivity contribution in [3.63, 3.8) is 0 Å². The third-order valence-corrected chi connectivity index (χ3v) is 5.44. The summed E-state index contributed by atoms with van der Waals surface area (Å²) in [5.74, 6) is 0.546. The van der Waals surface area contributed by atoms with Gasteiger partial charge in [0.1, 0.15) is 5.82 Å². The van der Waals surface area contributed by atoms with Gasteiger partial charge >= 0.3 is 0 Å². The normalized spacial score (nSPS) is 14.7. The molecule has 1 aromatic heterocycles. The molecule has 0 atom stereocenters. The highest BCUT2D eigenvalue weighted by molar-refractivity contribution is 6.01. The smallest absolute Gasteiger partial charge is 0.249 e. The molecule has 4 heteroatoms. The molecule has 4 nitrogen and oxygen atoms in total. The minimum absolute atomic E-state index is 0.366. The number of H-pyrrole nitrogens is 1. The summed E-state index contributed by atoms with van der Waals surface area (Å²) >= 11 is 0. The van der Waals surface area contributed by atoms with E-state index in [0.717, 1.165) is 41.8 Å². The Morgan fingerprint density at radius 3 is 2.72 bits per heavy atom. The number of rotatable bonds is 2. The number of aromatic nitrogens is 2. The van der Waals surface area contributed by atoms with Gasteiger partial charge in [0.05, 0.1) is 5.69 Å². The predicted molar refractivity (Wildman–Crippen MR) is 97.4 cm³/mol. The SMILES string of the molecule is NC(=O)c1ccc(-c2nc3c([nH]2)CCCC3)c2c1Cc1ccccc1-2. The highest BCUT2D eigenvalue weighted by Gasteiger charge is 2.27. The molecule has 1 heterocycles. The van der Waals surface area contributed by atoms with Crippen LogP contribution in [0.3, 0.4) is 0 Å². The van der Waals surface area contributed by atoms with Gasteiger partial charge < -0.3 is 10.7 Å². The molecule has 0 saturated heterocycles. The van der Waals surface area contributed by atoms with E-state index in [0.29, 0.717) is 5.56 Å². The molecule has 0 fully saturated rings. The van der Waals surface area contributed by atoms with Gasteiger partial charge in [0.25, 0.3) is 0 Å². The molecule has 0 saturated carbocycles. The number of aryl methyl sites for hydroxylation is 2. The molecule has 2 aliphatic carbocycles. The lowest BCUT2D eigenvalue weighted by Crippen LogP contribution is -2.13. The van der Waals surface area contributed by atoms with Gasteiger partial charge in [-0.2, -0.15) is 0 Å². The summed E-state index contributed by atoms with van der Waals surface area (Å²) in [6, 6.07) is 12.2. The van der Waals surface area contributed by atoms with Crippen LogP contribution in [0.15, 0.2) is 36.4 Å². The predicted octanol–water partition coefficient (Wildman–Crippen LogP) is 3.63.